The average molecular weight is 371 g/mol. The first-order chi connectivity index (χ1) is 12.3. The van der Waals surface area contributed by atoms with E-state index in [-0.39, 0.29) is 12.5 Å². The zero-order valence-electron chi connectivity index (χ0n) is 15.5. The van der Waals surface area contributed by atoms with Gasteiger partial charge in [0.25, 0.3) is 5.91 Å². The fourth-order valence-corrected chi connectivity index (χ4v) is 4.00. The highest BCUT2D eigenvalue weighted by Gasteiger charge is 2.26. The number of thiazole rings is 1. The van der Waals surface area contributed by atoms with Crippen molar-refractivity contribution < 1.29 is 14.3 Å². The van der Waals surface area contributed by atoms with E-state index in [0.717, 1.165) is 15.8 Å². The molecule has 0 radical (unpaired) electrons. The van der Waals surface area contributed by atoms with Gasteiger partial charge in [-0.3, -0.25) is 10.1 Å². The van der Waals surface area contributed by atoms with Crippen molar-refractivity contribution in [3.63, 3.8) is 0 Å². The number of fused-ring (bicyclic) bond motifs is 1. The minimum absolute atomic E-state index is 0.276. The van der Waals surface area contributed by atoms with Gasteiger partial charge in [0, 0.05) is 12.7 Å². The number of ether oxygens (including phenoxy) is 1. The third kappa shape index (κ3) is 3.10. The van der Waals surface area contributed by atoms with Gasteiger partial charge in [-0.15, -0.1) is 0 Å². The lowest BCUT2D eigenvalue weighted by molar-refractivity contribution is 0.0514. The summed E-state index contributed by atoms with van der Waals surface area (Å²) in [4.78, 5) is 29.5. The molecule has 7 heteroatoms. The van der Waals surface area contributed by atoms with Crippen LogP contribution >= 0.6 is 11.3 Å². The molecule has 26 heavy (non-hydrogen) atoms. The van der Waals surface area contributed by atoms with Crippen LogP contribution < -0.4 is 5.32 Å². The van der Waals surface area contributed by atoms with Gasteiger partial charge in [-0.1, -0.05) is 17.4 Å². The maximum atomic E-state index is 12.8. The van der Waals surface area contributed by atoms with Crippen LogP contribution in [-0.2, 0) is 11.8 Å². The van der Waals surface area contributed by atoms with Crippen LogP contribution in [0.2, 0.25) is 0 Å². The number of aromatic nitrogens is 2. The molecule has 1 N–H and O–H groups in total. The van der Waals surface area contributed by atoms with Crippen LogP contribution in [0.25, 0.3) is 10.2 Å². The quantitative estimate of drug-likeness (QED) is 0.704. The number of benzene rings is 1. The Hall–Kier alpha value is -2.67. The Bertz CT molecular complexity index is 1020. The summed E-state index contributed by atoms with van der Waals surface area (Å²) < 4.78 is 7.83. The van der Waals surface area contributed by atoms with Crippen LogP contribution in [0, 0.1) is 20.8 Å². The number of nitrogens with one attached hydrogen (secondary N) is 1. The molecule has 0 unspecified atom stereocenters. The number of carbonyl (C=O) groups excluding carboxylic acids is 2. The van der Waals surface area contributed by atoms with Crippen LogP contribution in [0.3, 0.4) is 0 Å². The van der Waals surface area contributed by atoms with Gasteiger partial charge < -0.3 is 9.30 Å². The van der Waals surface area contributed by atoms with E-state index in [4.69, 9.17) is 4.74 Å². The van der Waals surface area contributed by atoms with Gasteiger partial charge in [-0.25, -0.2) is 9.78 Å². The highest BCUT2D eigenvalue weighted by atomic mass is 32.1. The van der Waals surface area contributed by atoms with Crippen molar-refractivity contribution in [2.24, 2.45) is 7.05 Å². The molecule has 3 aromatic rings. The molecule has 1 aromatic carbocycles. The van der Waals surface area contributed by atoms with Gasteiger partial charge >= 0.3 is 5.97 Å². The molecule has 0 bridgehead atoms. The normalized spacial score (nSPS) is 11.0. The monoisotopic (exact) mass is 371 g/mol. The fraction of sp³-hybridized carbons (Fsp3) is 0.316. The Kier molecular flexibility index (Phi) is 4.82. The number of esters is 1. The maximum Gasteiger partial charge on any atom is 0.355 e. The molecule has 2 aromatic heterocycles. The molecule has 3 rings (SSSR count). The summed E-state index contributed by atoms with van der Waals surface area (Å²) in [6, 6.07) is 5.97. The zero-order chi connectivity index (χ0) is 19.0. The number of nitrogens with zero attached hydrogens (tertiary/aromatic N) is 2. The first-order valence-corrected chi connectivity index (χ1v) is 9.16. The number of hydrogen-bond acceptors (Lipinski definition) is 5. The summed E-state index contributed by atoms with van der Waals surface area (Å²) >= 11 is 1.43. The lowest BCUT2D eigenvalue weighted by Gasteiger charge is -2.05. The van der Waals surface area contributed by atoms with Gasteiger partial charge in [0.05, 0.1) is 22.4 Å². The third-order valence-corrected chi connectivity index (χ3v) is 5.32. The topological polar surface area (TPSA) is 73.2 Å². The standard InChI is InChI=1S/C19H21N3O3S/c1-6-25-18(24)16-11(3)15(12(4)22(16)5)17(23)21-19-20-13-8-7-10(2)9-14(13)26-19/h7-9H,6H2,1-5H3,(H,20,21,23). The summed E-state index contributed by atoms with van der Waals surface area (Å²) in [5.74, 6) is -0.702. The maximum absolute atomic E-state index is 12.8. The molecular formula is C19H21N3O3S. The van der Waals surface area contributed by atoms with Crippen molar-refractivity contribution in [2.75, 3.05) is 11.9 Å². The van der Waals surface area contributed by atoms with Crippen LogP contribution in [0.5, 0.6) is 0 Å². The molecule has 0 saturated carbocycles. The Labute approximate surface area is 155 Å². The van der Waals surface area contributed by atoms with E-state index < -0.39 is 5.97 Å². The van der Waals surface area contributed by atoms with Crippen LogP contribution in [0.15, 0.2) is 18.2 Å². The minimum Gasteiger partial charge on any atom is -0.461 e. The molecular weight excluding hydrogens is 350 g/mol. The largest absolute Gasteiger partial charge is 0.461 e. The van der Waals surface area contributed by atoms with Crippen molar-refractivity contribution in [1.29, 1.82) is 0 Å². The first-order valence-electron chi connectivity index (χ1n) is 8.35. The number of carbonyl (C=O) groups is 2. The average Bonchev–Trinajstić information content (AvgIpc) is 3.05. The third-order valence-electron chi connectivity index (χ3n) is 4.39. The van der Waals surface area contributed by atoms with E-state index >= 15 is 0 Å². The van der Waals surface area contributed by atoms with Crippen LogP contribution in [-0.4, -0.2) is 28.0 Å². The van der Waals surface area contributed by atoms with E-state index in [0.29, 0.717) is 27.6 Å². The Morgan fingerprint density at radius 2 is 2.00 bits per heavy atom. The van der Waals surface area contributed by atoms with E-state index in [1.54, 1.807) is 25.5 Å². The lowest BCUT2D eigenvalue weighted by atomic mass is 10.1. The van der Waals surface area contributed by atoms with E-state index in [1.165, 1.54) is 11.3 Å². The summed E-state index contributed by atoms with van der Waals surface area (Å²) in [7, 11) is 1.76. The van der Waals surface area contributed by atoms with Gasteiger partial charge in [-0.2, -0.15) is 0 Å². The van der Waals surface area contributed by atoms with Crippen molar-refractivity contribution in [3.8, 4) is 0 Å². The SMILES string of the molecule is CCOC(=O)c1c(C)c(C(=O)Nc2nc3ccc(C)cc3s2)c(C)n1C. The summed E-state index contributed by atoms with van der Waals surface area (Å²) in [6.07, 6.45) is 0. The second kappa shape index (κ2) is 6.92. The minimum atomic E-state index is -0.426. The van der Waals surface area contributed by atoms with Crippen molar-refractivity contribution in [3.05, 3.63) is 46.3 Å². The van der Waals surface area contributed by atoms with Gasteiger partial charge in [0.2, 0.25) is 0 Å². The molecule has 0 spiro atoms. The second-order valence-electron chi connectivity index (χ2n) is 6.16. The summed E-state index contributed by atoms with van der Waals surface area (Å²) in [5, 5.41) is 3.40. The molecule has 0 aliphatic carbocycles. The lowest BCUT2D eigenvalue weighted by Crippen LogP contribution is -2.14. The second-order valence-corrected chi connectivity index (χ2v) is 7.19. The summed E-state index contributed by atoms with van der Waals surface area (Å²) in [6.45, 7) is 7.63. The van der Waals surface area contributed by atoms with Crippen molar-refractivity contribution in [1.82, 2.24) is 9.55 Å². The smallest absolute Gasteiger partial charge is 0.355 e. The number of aryl methyl sites for hydroxylation is 1. The number of rotatable bonds is 4. The zero-order valence-corrected chi connectivity index (χ0v) is 16.3. The molecule has 1 amide bonds. The molecule has 2 heterocycles. The number of hydrogen-bond donors (Lipinski definition) is 1. The molecule has 136 valence electrons. The molecule has 0 fully saturated rings. The van der Waals surface area contributed by atoms with Crippen molar-refractivity contribution >= 4 is 38.6 Å². The Balaban J connectivity index is 1.94. The van der Waals surface area contributed by atoms with Gasteiger partial charge in [-0.05, 0) is 51.0 Å². The molecule has 0 saturated heterocycles. The van der Waals surface area contributed by atoms with Crippen LogP contribution in [0.4, 0.5) is 5.13 Å². The number of anilines is 1. The molecule has 0 aliphatic heterocycles. The Morgan fingerprint density at radius 3 is 2.69 bits per heavy atom. The highest BCUT2D eigenvalue weighted by Crippen LogP contribution is 2.28. The predicted octanol–water partition coefficient (Wildman–Crippen LogP) is 3.99. The first kappa shape index (κ1) is 18.1. The van der Waals surface area contributed by atoms with Gasteiger partial charge in [0.1, 0.15) is 5.69 Å². The molecule has 0 aliphatic rings. The highest BCUT2D eigenvalue weighted by molar-refractivity contribution is 7.22. The number of amides is 1. The summed E-state index contributed by atoms with van der Waals surface area (Å²) in [5.41, 5.74) is 4.19. The van der Waals surface area contributed by atoms with Crippen molar-refractivity contribution in [2.45, 2.75) is 27.7 Å². The molecule has 6 nitrogen and oxygen atoms in total. The molecule has 0 atom stereocenters. The van der Waals surface area contributed by atoms with Gasteiger partial charge in [0.15, 0.2) is 5.13 Å². The fourth-order valence-electron chi connectivity index (χ4n) is 3.05. The van der Waals surface area contributed by atoms with Crippen LogP contribution in [0.1, 0.15) is 44.6 Å². The van der Waals surface area contributed by atoms with E-state index in [1.807, 2.05) is 32.0 Å². The Morgan fingerprint density at radius 1 is 1.27 bits per heavy atom. The predicted molar refractivity (Wildman–Crippen MR) is 103 cm³/mol. The van der Waals surface area contributed by atoms with E-state index in [9.17, 15) is 9.59 Å². The van der Waals surface area contributed by atoms with E-state index in [2.05, 4.69) is 10.3 Å².